The molecule has 0 saturated carbocycles. The number of hydrogen-bond acceptors (Lipinski definition) is 4. The van der Waals surface area contributed by atoms with Crippen LogP contribution in [0.5, 0.6) is 5.75 Å². The lowest BCUT2D eigenvalue weighted by Crippen LogP contribution is -2.48. The quantitative estimate of drug-likeness (QED) is 0.836. The third-order valence-corrected chi connectivity index (χ3v) is 5.23. The number of amides is 3. The van der Waals surface area contributed by atoms with Crippen LogP contribution in [-0.2, 0) is 11.3 Å². The summed E-state index contributed by atoms with van der Waals surface area (Å²) in [6, 6.07) is 8.11. The molecular formula is C20H30N4O3. The van der Waals surface area contributed by atoms with Crippen molar-refractivity contribution in [2.24, 2.45) is 5.41 Å². The number of ether oxygens (including phenoxy) is 1. The van der Waals surface area contributed by atoms with E-state index in [4.69, 9.17) is 4.74 Å². The van der Waals surface area contributed by atoms with E-state index in [1.54, 1.807) is 7.11 Å². The van der Waals surface area contributed by atoms with E-state index < -0.39 is 0 Å². The minimum atomic E-state index is -0.228. The maximum atomic E-state index is 12.6. The molecule has 0 aliphatic carbocycles. The second-order valence-electron chi connectivity index (χ2n) is 8.04. The van der Waals surface area contributed by atoms with E-state index in [1.807, 2.05) is 30.9 Å². The number of methoxy groups -OCH3 is 1. The van der Waals surface area contributed by atoms with E-state index in [0.717, 1.165) is 25.4 Å². The number of nitrogens with zero attached hydrogens (tertiary/aromatic N) is 2. The summed E-state index contributed by atoms with van der Waals surface area (Å²) in [6.45, 7) is 8.17. The summed E-state index contributed by atoms with van der Waals surface area (Å²) in [5.74, 6) is 0.915. The van der Waals surface area contributed by atoms with Crippen LogP contribution in [0.25, 0.3) is 0 Å². The zero-order valence-electron chi connectivity index (χ0n) is 16.5. The van der Waals surface area contributed by atoms with Crippen molar-refractivity contribution in [3.63, 3.8) is 0 Å². The summed E-state index contributed by atoms with van der Waals surface area (Å²) in [6.07, 6.45) is 0.470. The van der Waals surface area contributed by atoms with E-state index in [-0.39, 0.29) is 23.4 Å². The molecule has 2 aliphatic heterocycles. The van der Waals surface area contributed by atoms with Crippen molar-refractivity contribution in [1.82, 2.24) is 20.4 Å². The topological polar surface area (TPSA) is 73.9 Å². The van der Waals surface area contributed by atoms with Gasteiger partial charge in [-0.05, 0) is 31.5 Å². The van der Waals surface area contributed by atoms with Crippen LogP contribution >= 0.6 is 0 Å². The van der Waals surface area contributed by atoms with Crippen molar-refractivity contribution in [1.29, 1.82) is 0 Å². The van der Waals surface area contributed by atoms with Gasteiger partial charge in [0.2, 0.25) is 5.91 Å². The molecule has 0 radical (unpaired) electrons. The number of urea groups is 1. The third-order valence-electron chi connectivity index (χ3n) is 5.23. The summed E-state index contributed by atoms with van der Waals surface area (Å²) in [5.41, 5.74) is 0.970. The Hall–Kier alpha value is -2.28. The SMILES string of the molecule is COc1ccc(CN2CCN(C(=O)NC(C)C)C[C@]3(CNC(=O)C3)C2)cc1. The van der Waals surface area contributed by atoms with E-state index in [9.17, 15) is 9.59 Å². The van der Waals surface area contributed by atoms with Crippen LogP contribution in [0.2, 0.25) is 0 Å². The van der Waals surface area contributed by atoms with Crippen LogP contribution in [0, 0.1) is 5.41 Å². The molecule has 1 aromatic rings. The number of nitrogens with one attached hydrogen (secondary N) is 2. The number of hydrogen-bond donors (Lipinski definition) is 2. The first-order valence-electron chi connectivity index (χ1n) is 9.56. The molecular weight excluding hydrogens is 344 g/mol. The van der Waals surface area contributed by atoms with Gasteiger partial charge in [-0.2, -0.15) is 0 Å². The van der Waals surface area contributed by atoms with Gasteiger partial charge in [-0.3, -0.25) is 9.69 Å². The van der Waals surface area contributed by atoms with E-state index in [0.29, 0.717) is 26.1 Å². The van der Waals surface area contributed by atoms with Crippen LogP contribution in [0.15, 0.2) is 24.3 Å². The summed E-state index contributed by atoms with van der Waals surface area (Å²) < 4.78 is 5.23. The fourth-order valence-corrected chi connectivity index (χ4v) is 3.96. The molecule has 2 aliphatic rings. The standard InChI is InChI=1S/C20H30N4O3/c1-15(2)22-19(26)24-9-8-23(11-16-4-6-17(27-3)7-5-16)13-20(14-24)10-18(25)21-12-20/h4-7,15H,8-14H2,1-3H3,(H,21,25)(H,22,26)/t20-/m1/s1. The first kappa shape index (κ1) is 19.5. The van der Waals surface area contributed by atoms with Gasteiger partial charge >= 0.3 is 6.03 Å². The average Bonchev–Trinajstić information content (AvgIpc) is 2.88. The van der Waals surface area contributed by atoms with Gasteiger partial charge in [0.25, 0.3) is 0 Å². The van der Waals surface area contributed by atoms with Crippen molar-refractivity contribution in [2.45, 2.75) is 32.9 Å². The molecule has 0 unspecified atom stereocenters. The van der Waals surface area contributed by atoms with Crippen LogP contribution in [0.1, 0.15) is 25.8 Å². The van der Waals surface area contributed by atoms with Gasteiger partial charge in [0, 0.05) is 57.1 Å². The molecule has 7 heteroatoms. The van der Waals surface area contributed by atoms with Crippen LogP contribution in [-0.4, -0.2) is 67.6 Å². The van der Waals surface area contributed by atoms with E-state index in [2.05, 4.69) is 27.7 Å². The van der Waals surface area contributed by atoms with Crippen molar-refractivity contribution in [3.05, 3.63) is 29.8 Å². The monoisotopic (exact) mass is 374 g/mol. The highest BCUT2D eigenvalue weighted by Crippen LogP contribution is 2.31. The molecule has 0 aromatic heterocycles. The van der Waals surface area contributed by atoms with Gasteiger partial charge in [0.15, 0.2) is 0 Å². The fourth-order valence-electron chi connectivity index (χ4n) is 3.96. The fraction of sp³-hybridized carbons (Fsp3) is 0.600. The minimum absolute atomic E-state index is 0.0463. The Bertz CT molecular complexity index is 676. The number of rotatable bonds is 4. The van der Waals surface area contributed by atoms with Crippen LogP contribution in [0.3, 0.4) is 0 Å². The van der Waals surface area contributed by atoms with Gasteiger partial charge in [-0.25, -0.2) is 4.79 Å². The molecule has 7 nitrogen and oxygen atoms in total. The van der Waals surface area contributed by atoms with Gasteiger partial charge in [0.1, 0.15) is 5.75 Å². The third kappa shape index (κ3) is 4.91. The van der Waals surface area contributed by atoms with Crippen molar-refractivity contribution in [3.8, 4) is 5.75 Å². The Morgan fingerprint density at radius 3 is 2.59 bits per heavy atom. The first-order chi connectivity index (χ1) is 12.9. The van der Waals surface area contributed by atoms with Crippen molar-refractivity contribution >= 4 is 11.9 Å². The van der Waals surface area contributed by atoms with Gasteiger partial charge in [0.05, 0.1) is 7.11 Å². The number of benzene rings is 1. The lowest BCUT2D eigenvalue weighted by atomic mass is 9.86. The molecule has 0 bridgehead atoms. The van der Waals surface area contributed by atoms with Crippen LogP contribution < -0.4 is 15.4 Å². The molecule has 1 atom stereocenters. The lowest BCUT2D eigenvalue weighted by Gasteiger charge is -2.33. The molecule has 27 heavy (non-hydrogen) atoms. The van der Waals surface area contributed by atoms with Gasteiger partial charge in [-0.1, -0.05) is 12.1 Å². The van der Waals surface area contributed by atoms with E-state index >= 15 is 0 Å². The van der Waals surface area contributed by atoms with E-state index in [1.165, 1.54) is 5.56 Å². The second kappa shape index (κ2) is 8.17. The van der Waals surface area contributed by atoms with Crippen molar-refractivity contribution in [2.75, 3.05) is 39.8 Å². The van der Waals surface area contributed by atoms with Gasteiger partial charge < -0.3 is 20.3 Å². The largest absolute Gasteiger partial charge is 0.497 e. The van der Waals surface area contributed by atoms with Crippen LogP contribution in [0.4, 0.5) is 4.79 Å². The molecule has 3 amide bonds. The molecule has 2 heterocycles. The minimum Gasteiger partial charge on any atom is -0.497 e. The zero-order chi connectivity index (χ0) is 19.4. The Balaban J connectivity index is 1.74. The summed E-state index contributed by atoms with van der Waals surface area (Å²) in [7, 11) is 1.66. The highest BCUT2D eigenvalue weighted by molar-refractivity contribution is 5.80. The molecule has 1 aromatic carbocycles. The summed E-state index contributed by atoms with van der Waals surface area (Å²) in [4.78, 5) is 28.8. The molecule has 2 saturated heterocycles. The molecule has 1 spiro atoms. The lowest BCUT2D eigenvalue weighted by molar-refractivity contribution is -0.119. The molecule has 2 N–H and O–H groups in total. The maximum Gasteiger partial charge on any atom is 0.317 e. The first-order valence-corrected chi connectivity index (χ1v) is 9.56. The Labute approximate surface area is 161 Å². The predicted octanol–water partition coefficient (Wildman–Crippen LogP) is 1.44. The van der Waals surface area contributed by atoms with Gasteiger partial charge in [-0.15, -0.1) is 0 Å². The summed E-state index contributed by atoms with van der Waals surface area (Å²) >= 11 is 0. The summed E-state index contributed by atoms with van der Waals surface area (Å²) in [5, 5.41) is 5.95. The molecule has 2 fully saturated rings. The van der Waals surface area contributed by atoms with Crippen molar-refractivity contribution < 1.29 is 14.3 Å². The number of carbonyl (C=O) groups excluding carboxylic acids is 2. The predicted molar refractivity (Wildman–Crippen MR) is 104 cm³/mol. The Kier molecular flexibility index (Phi) is 5.89. The average molecular weight is 374 g/mol. The molecule has 148 valence electrons. The highest BCUT2D eigenvalue weighted by atomic mass is 16.5. The maximum absolute atomic E-state index is 12.6. The molecule has 3 rings (SSSR count). The smallest absolute Gasteiger partial charge is 0.317 e. The highest BCUT2D eigenvalue weighted by Gasteiger charge is 2.43. The zero-order valence-corrected chi connectivity index (χ0v) is 16.5. The second-order valence-corrected chi connectivity index (χ2v) is 8.04. The number of carbonyl (C=O) groups is 2. The Morgan fingerprint density at radius 1 is 1.26 bits per heavy atom. The normalized spacial score (nSPS) is 23.4. The Morgan fingerprint density at radius 2 is 2.00 bits per heavy atom.